The number of allylic oxidation sites excluding steroid dienone is 1. The fourth-order valence-electron chi connectivity index (χ4n) is 2.57. The third kappa shape index (κ3) is 5.55. The van der Waals surface area contributed by atoms with E-state index in [4.69, 9.17) is 5.73 Å². The predicted octanol–water partition coefficient (Wildman–Crippen LogP) is 1.60. The van der Waals surface area contributed by atoms with E-state index in [2.05, 4.69) is 10.3 Å². The number of hydrogen-bond acceptors (Lipinski definition) is 5. The molecule has 0 aliphatic carbocycles. The number of carbonyl (C=O) groups excluding carboxylic acids is 1. The second kappa shape index (κ2) is 8.21. The molecule has 1 aliphatic rings. The molecule has 2 rings (SSSR count). The Labute approximate surface area is 152 Å². The molecule has 2 atom stereocenters. The number of halogens is 3. The molecule has 7 nitrogen and oxygen atoms in total. The summed E-state index contributed by atoms with van der Waals surface area (Å²) < 4.78 is 39.2. The minimum atomic E-state index is -4.74. The van der Waals surface area contributed by atoms with Crippen molar-refractivity contribution in [1.82, 2.24) is 5.32 Å². The van der Waals surface area contributed by atoms with E-state index < -0.39 is 47.9 Å². The molecular weight excluding hydrogens is 367 g/mol. The van der Waals surface area contributed by atoms with Crippen LogP contribution in [0.15, 0.2) is 35.0 Å². The summed E-state index contributed by atoms with van der Waals surface area (Å²) >= 11 is 0. The maximum absolute atomic E-state index is 13.1. The number of nitrogens with zero attached hydrogens (tertiary/aromatic N) is 1. The third-order valence-corrected chi connectivity index (χ3v) is 3.92. The molecular formula is C17H18F3N3O4. The number of carboxylic acids is 1. The number of aliphatic carboxylic acids is 1. The van der Waals surface area contributed by atoms with Gasteiger partial charge in [-0.25, -0.2) is 4.79 Å². The molecule has 0 unspecified atom stereocenters. The number of phenolic OH excluding ortho intramolecular Hbond substituents is 1. The Morgan fingerprint density at radius 1 is 1.30 bits per heavy atom. The molecule has 146 valence electrons. The highest BCUT2D eigenvalue weighted by atomic mass is 19.4. The van der Waals surface area contributed by atoms with E-state index in [0.29, 0.717) is 18.2 Å². The number of benzene rings is 1. The number of hydrogen-bond donors (Lipinski definition) is 4. The Bertz CT molecular complexity index is 790. The molecule has 5 N–H and O–H groups in total. The third-order valence-electron chi connectivity index (χ3n) is 3.92. The Kier molecular flexibility index (Phi) is 6.21. The molecule has 0 fully saturated rings. The lowest BCUT2D eigenvalue weighted by Gasteiger charge is -2.19. The van der Waals surface area contributed by atoms with Crippen LogP contribution in [0.3, 0.4) is 0 Å². The van der Waals surface area contributed by atoms with Crippen molar-refractivity contribution >= 4 is 18.1 Å². The maximum atomic E-state index is 13.1. The number of phenols is 1. The van der Waals surface area contributed by atoms with Crippen molar-refractivity contribution in [3.8, 4) is 5.75 Å². The monoisotopic (exact) mass is 385 g/mol. The van der Waals surface area contributed by atoms with Gasteiger partial charge in [0.05, 0.1) is 11.6 Å². The van der Waals surface area contributed by atoms with Crippen LogP contribution in [0.25, 0.3) is 0 Å². The highest BCUT2D eigenvalue weighted by Gasteiger charge is 2.35. The standard InChI is InChI=1S/C17H18F3N3O4/c18-17(19,20)12-8-11(24)4-3-9(12)6-13(21)15(25)23-14(16(26)27)7-10-2-1-5-22-10/h2-5,8,13-14,24H,1,6-7,21H2,(H,23,25)(H,26,27)/t13-,14-/m0/s1. The van der Waals surface area contributed by atoms with Crippen LogP contribution in [0, 0.1) is 0 Å². The van der Waals surface area contributed by atoms with E-state index in [1.54, 1.807) is 12.3 Å². The Balaban J connectivity index is 2.08. The first-order valence-corrected chi connectivity index (χ1v) is 7.97. The fourth-order valence-corrected chi connectivity index (χ4v) is 2.57. The van der Waals surface area contributed by atoms with E-state index in [9.17, 15) is 33.0 Å². The summed E-state index contributed by atoms with van der Waals surface area (Å²) in [5.74, 6) is -2.77. The molecule has 1 aromatic carbocycles. The van der Waals surface area contributed by atoms with Crippen LogP contribution in [-0.4, -0.2) is 40.4 Å². The fraction of sp³-hybridized carbons (Fsp3) is 0.353. The summed E-state index contributed by atoms with van der Waals surface area (Å²) in [6.45, 7) is 0. The Morgan fingerprint density at radius 3 is 2.56 bits per heavy atom. The summed E-state index contributed by atoms with van der Waals surface area (Å²) in [6, 6.07) is -0.0758. The van der Waals surface area contributed by atoms with E-state index in [1.807, 2.05) is 0 Å². The Morgan fingerprint density at radius 2 is 2.00 bits per heavy atom. The molecule has 1 amide bonds. The minimum Gasteiger partial charge on any atom is -0.508 e. The highest BCUT2D eigenvalue weighted by Crippen LogP contribution is 2.34. The first-order chi connectivity index (χ1) is 12.6. The van der Waals surface area contributed by atoms with Crippen LogP contribution in [0.2, 0.25) is 0 Å². The summed E-state index contributed by atoms with van der Waals surface area (Å²) in [6.07, 6.45) is -1.41. The number of rotatable bonds is 7. The van der Waals surface area contributed by atoms with Crippen LogP contribution in [0.5, 0.6) is 5.75 Å². The van der Waals surface area contributed by atoms with Crippen molar-refractivity contribution in [3.05, 3.63) is 41.1 Å². The number of amides is 1. The number of aromatic hydroxyl groups is 1. The first kappa shape index (κ1) is 20.4. The molecule has 0 saturated carbocycles. The molecule has 0 bridgehead atoms. The van der Waals surface area contributed by atoms with Crippen LogP contribution >= 0.6 is 0 Å². The second-order valence-electron chi connectivity index (χ2n) is 6.00. The molecule has 0 saturated heterocycles. The predicted molar refractivity (Wildman–Crippen MR) is 90.2 cm³/mol. The SMILES string of the molecule is N[C@@H](Cc1ccc(O)cc1C(F)(F)F)C(=O)N[C@@H](CC1=CCC=N1)C(=O)O. The average molecular weight is 385 g/mol. The Hall–Kier alpha value is -2.88. The average Bonchev–Trinajstić information content (AvgIpc) is 3.07. The molecule has 0 spiro atoms. The number of nitrogens with two attached hydrogens (primary N) is 1. The lowest BCUT2D eigenvalue weighted by Crippen LogP contribution is -2.49. The molecule has 10 heteroatoms. The van der Waals surface area contributed by atoms with Crippen LogP contribution in [-0.2, 0) is 22.2 Å². The number of carbonyl (C=O) groups is 2. The number of aliphatic imine (C=N–C) groups is 1. The first-order valence-electron chi connectivity index (χ1n) is 7.97. The van der Waals surface area contributed by atoms with Gasteiger partial charge in [-0.15, -0.1) is 0 Å². The van der Waals surface area contributed by atoms with Gasteiger partial charge >= 0.3 is 12.1 Å². The van der Waals surface area contributed by atoms with E-state index in [1.165, 1.54) is 0 Å². The smallest absolute Gasteiger partial charge is 0.416 e. The molecule has 0 radical (unpaired) electrons. The van der Waals surface area contributed by atoms with Gasteiger partial charge in [-0.2, -0.15) is 13.2 Å². The molecule has 27 heavy (non-hydrogen) atoms. The largest absolute Gasteiger partial charge is 0.508 e. The molecule has 1 aliphatic heterocycles. The number of carboxylic acid groups (broad SMARTS) is 1. The van der Waals surface area contributed by atoms with Crippen molar-refractivity contribution in [1.29, 1.82) is 0 Å². The normalized spacial score (nSPS) is 15.9. The summed E-state index contributed by atoms with van der Waals surface area (Å²) in [5, 5.41) is 20.7. The van der Waals surface area contributed by atoms with Crippen molar-refractivity contribution in [2.24, 2.45) is 10.7 Å². The zero-order valence-corrected chi connectivity index (χ0v) is 14.0. The summed E-state index contributed by atoms with van der Waals surface area (Å²) in [4.78, 5) is 27.5. The molecule has 1 aromatic rings. The zero-order valence-electron chi connectivity index (χ0n) is 14.0. The summed E-state index contributed by atoms with van der Waals surface area (Å²) in [5.41, 5.74) is 4.79. The quantitative estimate of drug-likeness (QED) is 0.567. The highest BCUT2D eigenvalue weighted by molar-refractivity contribution is 5.87. The van der Waals surface area contributed by atoms with Gasteiger partial charge < -0.3 is 21.3 Å². The van der Waals surface area contributed by atoms with E-state index in [-0.39, 0.29) is 12.0 Å². The van der Waals surface area contributed by atoms with Crippen LogP contribution in [0.1, 0.15) is 24.0 Å². The number of nitrogens with one attached hydrogen (secondary N) is 1. The molecule has 1 heterocycles. The van der Waals surface area contributed by atoms with Gasteiger partial charge in [0.25, 0.3) is 0 Å². The lowest BCUT2D eigenvalue weighted by molar-refractivity contribution is -0.141. The minimum absolute atomic E-state index is 0.0582. The van der Waals surface area contributed by atoms with Crippen molar-refractivity contribution in [3.63, 3.8) is 0 Å². The van der Waals surface area contributed by atoms with Gasteiger partial charge in [-0.05, 0) is 24.1 Å². The van der Waals surface area contributed by atoms with Gasteiger partial charge in [0.1, 0.15) is 11.8 Å². The van der Waals surface area contributed by atoms with Crippen molar-refractivity contribution in [2.75, 3.05) is 0 Å². The zero-order chi connectivity index (χ0) is 20.2. The van der Waals surface area contributed by atoms with Gasteiger partial charge in [0.2, 0.25) is 5.91 Å². The second-order valence-corrected chi connectivity index (χ2v) is 6.00. The van der Waals surface area contributed by atoms with Gasteiger partial charge in [-0.1, -0.05) is 12.1 Å². The van der Waals surface area contributed by atoms with Crippen LogP contribution < -0.4 is 11.1 Å². The van der Waals surface area contributed by atoms with Gasteiger partial charge in [0, 0.05) is 24.8 Å². The molecule has 0 aromatic heterocycles. The topological polar surface area (TPSA) is 125 Å². The maximum Gasteiger partial charge on any atom is 0.416 e. The van der Waals surface area contributed by atoms with E-state index >= 15 is 0 Å². The van der Waals surface area contributed by atoms with Crippen LogP contribution in [0.4, 0.5) is 13.2 Å². The van der Waals surface area contributed by atoms with Gasteiger partial charge in [0.15, 0.2) is 0 Å². The van der Waals surface area contributed by atoms with Crippen molar-refractivity contribution < 1.29 is 33.0 Å². The lowest BCUT2D eigenvalue weighted by atomic mass is 9.99. The van der Waals surface area contributed by atoms with Gasteiger partial charge in [-0.3, -0.25) is 9.79 Å². The van der Waals surface area contributed by atoms with E-state index in [0.717, 1.165) is 12.1 Å². The summed E-state index contributed by atoms with van der Waals surface area (Å²) in [7, 11) is 0. The number of alkyl halides is 3. The van der Waals surface area contributed by atoms with Crippen molar-refractivity contribution in [2.45, 2.75) is 37.5 Å².